The number of hydrogen-bond acceptors (Lipinski definition) is 5. The number of nitrogens with zero attached hydrogens (tertiary/aromatic N) is 2. The summed E-state index contributed by atoms with van der Waals surface area (Å²) in [5.41, 5.74) is 0.141. The number of aromatic nitrogens is 1. The Morgan fingerprint density at radius 2 is 1.93 bits per heavy atom. The van der Waals surface area contributed by atoms with Crippen LogP contribution in [-0.2, 0) is 16.1 Å². The van der Waals surface area contributed by atoms with E-state index in [0.717, 1.165) is 0 Å². The molecule has 9 nitrogen and oxygen atoms in total. The van der Waals surface area contributed by atoms with Crippen LogP contribution in [0.5, 0.6) is 0 Å². The van der Waals surface area contributed by atoms with Crippen molar-refractivity contribution in [1.29, 1.82) is 0 Å². The van der Waals surface area contributed by atoms with E-state index >= 15 is 0 Å². The molecule has 3 heterocycles. The molecule has 1 atom stereocenters. The number of likely N-dealkylation sites (tertiary alicyclic amines) is 1. The summed E-state index contributed by atoms with van der Waals surface area (Å²) in [7, 11) is 0. The monoisotopic (exact) mass is 386 g/mol. The van der Waals surface area contributed by atoms with Gasteiger partial charge in [-0.1, -0.05) is 19.1 Å². The Balaban J connectivity index is 1.44. The van der Waals surface area contributed by atoms with Crippen molar-refractivity contribution in [1.82, 2.24) is 20.1 Å². The maximum Gasteiger partial charge on any atom is 0.420 e. The Morgan fingerprint density at radius 1 is 1.21 bits per heavy atom. The lowest BCUT2D eigenvalue weighted by molar-refractivity contribution is -0.134. The SMILES string of the molecule is CCC1(C2CCN(C(=O)Cn3c(=O)oc4ccccc43)CC2)NC(=O)NC1=O. The van der Waals surface area contributed by atoms with E-state index in [2.05, 4.69) is 10.6 Å². The van der Waals surface area contributed by atoms with Gasteiger partial charge >= 0.3 is 11.8 Å². The number of piperidine rings is 1. The molecule has 2 saturated heterocycles. The van der Waals surface area contributed by atoms with Gasteiger partial charge in [-0.05, 0) is 37.3 Å². The molecular weight excluding hydrogens is 364 g/mol. The number of nitrogens with one attached hydrogen (secondary N) is 2. The van der Waals surface area contributed by atoms with Crippen LogP contribution in [0.3, 0.4) is 0 Å². The molecule has 148 valence electrons. The summed E-state index contributed by atoms with van der Waals surface area (Å²) in [4.78, 5) is 50.4. The van der Waals surface area contributed by atoms with Crippen molar-refractivity contribution in [3.63, 3.8) is 0 Å². The first-order chi connectivity index (χ1) is 13.4. The summed E-state index contributed by atoms with van der Waals surface area (Å²) >= 11 is 0. The number of urea groups is 1. The summed E-state index contributed by atoms with van der Waals surface area (Å²) in [5.74, 6) is -1.05. The highest BCUT2D eigenvalue weighted by atomic mass is 16.4. The number of carbonyl (C=O) groups is 3. The lowest BCUT2D eigenvalue weighted by Crippen LogP contribution is -2.56. The van der Waals surface area contributed by atoms with Crippen molar-refractivity contribution in [2.24, 2.45) is 5.92 Å². The molecule has 1 aromatic heterocycles. The maximum absolute atomic E-state index is 12.7. The van der Waals surface area contributed by atoms with Gasteiger partial charge in [-0.15, -0.1) is 0 Å². The van der Waals surface area contributed by atoms with Gasteiger partial charge in [0.05, 0.1) is 5.52 Å². The molecule has 2 N–H and O–H groups in total. The van der Waals surface area contributed by atoms with Gasteiger partial charge in [0, 0.05) is 13.1 Å². The predicted molar refractivity (Wildman–Crippen MR) is 99.5 cm³/mol. The molecule has 0 radical (unpaired) electrons. The third-order valence-corrected chi connectivity index (χ3v) is 5.94. The first-order valence-electron chi connectivity index (χ1n) is 9.44. The molecule has 2 aromatic rings. The first kappa shape index (κ1) is 18.3. The van der Waals surface area contributed by atoms with Crippen LogP contribution in [0, 0.1) is 5.92 Å². The van der Waals surface area contributed by atoms with Crippen molar-refractivity contribution >= 4 is 28.9 Å². The third-order valence-electron chi connectivity index (χ3n) is 5.94. The largest absolute Gasteiger partial charge is 0.420 e. The van der Waals surface area contributed by atoms with E-state index in [9.17, 15) is 19.2 Å². The zero-order valence-electron chi connectivity index (χ0n) is 15.6. The topological polar surface area (TPSA) is 114 Å². The molecular formula is C19H22N4O5. The number of hydrogen-bond donors (Lipinski definition) is 2. The molecule has 1 aromatic carbocycles. The average molecular weight is 386 g/mol. The highest BCUT2D eigenvalue weighted by Gasteiger charge is 2.51. The Hall–Kier alpha value is -3.10. The number of fused-ring (bicyclic) bond motifs is 1. The van der Waals surface area contributed by atoms with E-state index in [0.29, 0.717) is 43.5 Å². The molecule has 0 spiro atoms. The average Bonchev–Trinajstić information content (AvgIpc) is 3.17. The van der Waals surface area contributed by atoms with Gasteiger partial charge < -0.3 is 14.6 Å². The minimum Gasteiger partial charge on any atom is -0.408 e. The fourth-order valence-corrected chi connectivity index (χ4v) is 4.35. The van der Waals surface area contributed by atoms with Crippen LogP contribution in [-0.4, -0.2) is 45.9 Å². The van der Waals surface area contributed by atoms with Gasteiger partial charge in [-0.25, -0.2) is 9.59 Å². The van der Waals surface area contributed by atoms with E-state index < -0.39 is 17.3 Å². The number of imide groups is 1. The summed E-state index contributed by atoms with van der Waals surface area (Å²) < 4.78 is 6.51. The van der Waals surface area contributed by atoms with Crippen LogP contribution in [0.4, 0.5) is 4.79 Å². The zero-order valence-corrected chi connectivity index (χ0v) is 15.6. The second-order valence-corrected chi connectivity index (χ2v) is 7.31. The minimum atomic E-state index is -0.899. The Bertz CT molecular complexity index is 1000. The van der Waals surface area contributed by atoms with Crippen LogP contribution in [0.25, 0.3) is 11.1 Å². The quantitative estimate of drug-likeness (QED) is 0.756. The molecule has 0 aliphatic carbocycles. The zero-order chi connectivity index (χ0) is 19.9. The highest BCUT2D eigenvalue weighted by Crippen LogP contribution is 2.33. The van der Waals surface area contributed by atoms with Gasteiger partial charge in [0.25, 0.3) is 5.91 Å². The smallest absolute Gasteiger partial charge is 0.408 e. The van der Waals surface area contributed by atoms with Crippen molar-refractivity contribution < 1.29 is 18.8 Å². The van der Waals surface area contributed by atoms with E-state index in [4.69, 9.17) is 4.42 Å². The number of carbonyl (C=O) groups excluding carboxylic acids is 3. The highest BCUT2D eigenvalue weighted by molar-refractivity contribution is 6.07. The summed E-state index contributed by atoms with van der Waals surface area (Å²) in [6.07, 6.45) is 1.71. The van der Waals surface area contributed by atoms with E-state index in [1.165, 1.54) is 4.57 Å². The molecule has 2 fully saturated rings. The van der Waals surface area contributed by atoms with Gasteiger partial charge in [-0.3, -0.25) is 19.5 Å². The third kappa shape index (κ3) is 2.87. The van der Waals surface area contributed by atoms with E-state index in [1.807, 2.05) is 6.92 Å². The number of oxazole rings is 1. The van der Waals surface area contributed by atoms with Gasteiger partial charge in [0.1, 0.15) is 12.1 Å². The van der Waals surface area contributed by atoms with E-state index in [1.54, 1.807) is 29.2 Å². The maximum atomic E-state index is 12.7. The summed E-state index contributed by atoms with van der Waals surface area (Å²) in [6.45, 7) is 2.73. The van der Waals surface area contributed by atoms with Crippen molar-refractivity contribution in [2.75, 3.05) is 13.1 Å². The number of para-hydroxylation sites is 2. The molecule has 4 amide bonds. The summed E-state index contributed by atoms with van der Waals surface area (Å²) in [5, 5.41) is 5.11. The second-order valence-electron chi connectivity index (χ2n) is 7.31. The van der Waals surface area contributed by atoms with Crippen molar-refractivity contribution in [2.45, 2.75) is 38.3 Å². The van der Waals surface area contributed by atoms with Crippen molar-refractivity contribution in [3.05, 3.63) is 34.8 Å². The lowest BCUT2D eigenvalue weighted by Gasteiger charge is -2.40. The number of benzene rings is 1. The number of amides is 4. The summed E-state index contributed by atoms with van der Waals surface area (Å²) in [6, 6.07) is 6.52. The number of rotatable bonds is 4. The Morgan fingerprint density at radius 3 is 2.57 bits per heavy atom. The fourth-order valence-electron chi connectivity index (χ4n) is 4.35. The molecule has 1 unspecified atom stereocenters. The van der Waals surface area contributed by atoms with Crippen LogP contribution < -0.4 is 16.4 Å². The normalized spacial score (nSPS) is 23.1. The van der Waals surface area contributed by atoms with Crippen LogP contribution in [0.1, 0.15) is 26.2 Å². The van der Waals surface area contributed by atoms with Crippen LogP contribution in [0.2, 0.25) is 0 Å². The standard InChI is InChI=1S/C19H22N4O5/c1-2-19(16(25)20-17(26)21-19)12-7-9-22(10-8-12)15(24)11-23-13-5-3-4-6-14(13)28-18(23)27/h3-6,12H,2,7-11H2,1H3,(H2,20,21,25,26). The molecule has 0 bridgehead atoms. The molecule has 9 heteroatoms. The molecule has 0 saturated carbocycles. The minimum absolute atomic E-state index is 0.0366. The Kier molecular flexibility index (Phi) is 4.44. The lowest BCUT2D eigenvalue weighted by atomic mass is 9.76. The van der Waals surface area contributed by atoms with E-state index in [-0.39, 0.29) is 24.3 Å². The van der Waals surface area contributed by atoms with Gasteiger partial charge in [0.15, 0.2) is 5.58 Å². The molecule has 4 rings (SSSR count). The second kappa shape index (κ2) is 6.81. The van der Waals surface area contributed by atoms with Gasteiger partial charge in [0.2, 0.25) is 5.91 Å². The first-order valence-corrected chi connectivity index (χ1v) is 9.44. The predicted octanol–water partition coefficient (Wildman–Crippen LogP) is 0.821. The van der Waals surface area contributed by atoms with Crippen molar-refractivity contribution in [3.8, 4) is 0 Å². The Labute approximate surface area is 160 Å². The van der Waals surface area contributed by atoms with Crippen LogP contribution in [0.15, 0.2) is 33.5 Å². The van der Waals surface area contributed by atoms with Crippen LogP contribution >= 0.6 is 0 Å². The van der Waals surface area contributed by atoms with Gasteiger partial charge in [-0.2, -0.15) is 0 Å². The molecule has 2 aliphatic heterocycles. The fraction of sp³-hybridized carbons (Fsp3) is 0.474. The molecule has 2 aliphatic rings. The molecule has 28 heavy (non-hydrogen) atoms.